The van der Waals surface area contributed by atoms with Gasteiger partial charge in [-0.25, -0.2) is 4.98 Å². The molecule has 0 aliphatic carbocycles. The van der Waals surface area contributed by atoms with Gasteiger partial charge in [0.25, 0.3) is 0 Å². The molecule has 1 heterocycles. The van der Waals surface area contributed by atoms with Gasteiger partial charge in [0.2, 0.25) is 0 Å². The van der Waals surface area contributed by atoms with Crippen LogP contribution in [0.2, 0.25) is 0 Å². The maximum Gasteiger partial charge on any atom is 0.416 e. The van der Waals surface area contributed by atoms with E-state index in [4.69, 9.17) is 11.6 Å². The van der Waals surface area contributed by atoms with Crippen molar-refractivity contribution in [2.45, 2.75) is 12.1 Å². The second-order valence-corrected chi connectivity index (χ2v) is 4.80. The Labute approximate surface area is 123 Å². The van der Waals surface area contributed by atoms with E-state index in [0.717, 1.165) is 23.2 Å². The van der Waals surface area contributed by atoms with E-state index in [9.17, 15) is 13.2 Å². The Morgan fingerprint density at radius 1 is 1.00 bits per heavy atom. The Morgan fingerprint density at radius 2 is 1.67 bits per heavy atom. The molecular formula is C15H10ClF3N2. The molecule has 1 aromatic heterocycles. The number of aromatic nitrogens is 2. The van der Waals surface area contributed by atoms with Crippen LogP contribution in [0.5, 0.6) is 0 Å². The third-order valence-corrected chi connectivity index (χ3v) is 3.44. The molecule has 0 N–H and O–H groups in total. The number of nitrogens with zero attached hydrogens (tertiary/aromatic N) is 2. The third-order valence-electron chi connectivity index (χ3n) is 3.20. The van der Waals surface area contributed by atoms with E-state index in [2.05, 4.69) is 4.98 Å². The van der Waals surface area contributed by atoms with Gasteiger partial charge in [-0.2, -0.15) is 13.2 Å². The predicted molar refractivity (Wildman–Crippen MR) is 75.6 cm³/mol. The van der Waals surface area contributed by atoms with Crippen molar-refractivity contribution in [3.8, 4) is 5.69 Å². The van der Waals surface area contributed by atoms with Gasteiger partial charge in [0.05, 0.1) is 22.5 Å². The lowest BCUT2D eigenvalue weighted by Crippen LogP contribution is -2.05. The Hall–Kier alpha value is -2.01. The number of halogens is 4. The largest absolute Gasteiger partial charge is 0.416 e. The van der Waals surface area contributed by atoms with E-state index < -0.39 is 11.7 Å². The highest BCUT2D eigenvalue weighted by atomic mass is 35.5. The first-order chi connectivity index (χ1) is 10.0. The molecule has 0 atom stereocenters. The summed E-state index contributed by atoms with van der Waals surface area (Å²) < 4.78 is 39.6. The number of hydrogen-bond acceptors (Lipinski definition) is 1. The number of fused-ring (bicyclic) bond motifs is 1. The summed E-state index contributed by atoms with van der Waals surface area (Å²) in [6.45, 7) is 0. The van der Waals surface area contributed by atoms with Crippen molar-refractivity contribution in [1.29, 1.82) is 0 Å². The first-order valence-electron chi connectivity index (χ1n) is 6.20. The molecule has 2 aromatic carbocycles. The molecule has 0 fully saturated rings. The molecule has 0 amide bonds. The quantitative estimate of drug-likeness (QED) is 0.623. The Morgan fingerprint density at radius 3 is 2.29 bits per heavy atom. The molecule has 0 bridgehead atoms. The molecule has 0 aliphatic heterocycles. The lowest BCUT2D eigenvalue weighted by molar-refractivity contribution is -0.137. The van der Waals surface area contributed by atoms with Gasteiger partial charge in [-0.05, 0) is 36.4 Å². The average Bonchev–Trinajstić information content (AvgIpc) is 2.85. The highest BCUT2D eigenvalue weighted by molar-refractivity contribution is 6.17. The summed E-state index contributed by atoms with van der Waals surface area (Å²) in [6.07, 6.45) is -4.34. The molecule has 0 saturated heterocycles. The number of hydrogen-bond donors (Lipinski definition) is 0. The van der Waals surface area contributed by atoms with Crippen LogP contribution in [-0.4, -0.2) is 9.55 Å². The zero-order chi connectivity index (χ0) is 15.0. The fourth-order valence-corrected chi connectivity index (χ4v) is 2.43. The van der Waals surface area contributed by atoms with E-state index in [1.807, 2.05) is 24.3 Å². The van der Waals surface area contributed by atoms with Crippen LogP contribution in [0.1, 0.15) is 11.4 Å². The van der Waals surface area contributed by atoms with Gasteiger partial charge in [0, 0.05) is 5.69 Å². The van der Waals surface area contributed by atoms with Gasteiger partial charge in [0.1, 0.15) is 5.82 Å². The van der Waals surface area contributed by atoms with Gasteiger partial charge in [-0.1, -0.05) is 12.1 Å². The fourth-order valence-electron chi connectivity index (χ4n) is 2.25. The number of alkyl halides is 4. The lowest BCUT2D eigenvalue weighted by atomic mass is 10.2. The summed E-state index contributed by atoms with van der Waals surface area (Å²) in [5.74, 6) is 0.771. The number of rotatable bonds is 2. The average molecular weight is 311 g/mol. The van der Waals surface area contributed by atoms with Crippen LogP contribution >= 0.6 is 11.6 Å². The molecule has 3 aromatic rings. The lowest BCUT2D eigenvalue weighted by Gasteiger charge is -2.10. The first kappa shape index (κ1) is 13.9. The van der Waals surface area contributed by atoms with Crippen LogP contribution < -0.4 is 0 Å². The summed E-state index contributed by atoms with van der Waals surface area (Å²) in [4.78, 5) is 4.39. The molecular weight excluding hydrogens is 301 g/mol. The summed E-state index contributed by atoms with van der Waals surface area (Å²) in [5, 5.41) is 0. The van der Waals surface area contributed by atoms with Crippen LogP contribution in [0, 0.1) is 0 Å². The molecule has 0 radical (unpaired) electrons. The molecule has 21 heavy (non-hydrogen) atoms. The van der Waals surface area contributed by atoms with E-state index >= 15 is 0 Å². The predicted octanol–water partition coefficient (Wildman–Crippen LogP) is 4.78. The molecule has 0 spiro atoms. The van der Waals surface area contributed by atoms with E-state index in [0.29, 0.717) is 11.5 Å². The molecule has 6 heteroatoms. The highest BCUT2D eigenvalue weighted by Crippen LogP contribution is 2.30. The van der Waals surface area contributed by atoms with Crippen molar-refractivity contribution in [1.82, 2.24) is 9.55 Å². The highest BCUT2D eigenvalue weighted by Gasteiger charge is 2.30. The van der Waals surface area contributed by atoms with Crippen LogP contribution in [0.4, 0.5) is 13.2 Å². The summed E-state index contributed by atoms with van der Waals surface area (Å²) >= 11 is 5.89. The third kappa shape index (κ3) is 2.49. The van der Waals surface area contributed by atoms with Crippen LogP contribution in [0.3, 0.4) is 0 Å². The Bertz CT molecular complexity index is 776. The molecule has 108 valence electrons. The molecule has 0 saturated carbocycles. The summed E-state index contributed by atoms with van der Waals surface area (Å²) in [6, 6.07) is 12.4. The number of para-hydroxylation sites is 2. The van der Waals surface area contributed by atoms with Crippen molar-refractivity contribution >= 4 is 22.6 Å². The van der Waals surface area contributed by atoms with E-state index in [1.165, 1.54) is 12.1 Å². The van der Waals surface area contributed by atoms with Gasteiger partial charge in [-0.15, -0.1) is 11.6 Å². The number of benzene rings is 2. The van der Waals surface area contributed by atoms with Crippen LogP contribution in [-0.2, 0) is 12.1 Å². The molecule has 0 aliphatic rings. The smallest absolute Gasteiger partial charge is 0.295 e. The molecule has 0 unspecified atom stereocenters. The normalized spacial score (nSPS) is 12.0. The monoisotopic (exact) mass is 310 g/mol. The Kier molecular flexibility index (Phi) is 3.37. The molecule has 2 nitrogen and oxygen atoms in total. The van der Waals surface area contributed by atoms with E-state index in [1.54, 1.807) is 4.57 Å². The standard InChI is InChI=1S/C15H10ClF3N2/c16-9-14-20-12-3-1-2-4-13(12)21(14)11-7-5-10(6-8-11)15(17,18)19/h1-8H,9H2. The van der Waals surface area contributed by atoms with Crippen LogP contribution in [0.25, 0.3) is 16.7 Å². The topological polar surface area (TPSA) is 17.8 Å². The van der Waals surface area contributed by atoms with Crippen molar-refractivity contribution in [2.75, 3.05) is 0 Å². The zero-order valence-corrected chi connectivity index (χ0v) is 11.5. The summed E-state index contributed by atoms with van der Waals surface area (Å²) in [5.41, 5.74) is 1.50. The van der Waals surface area contributed by atoms with E-state index in [-0.39, 0.29) is 5.88 Å². The van der Waals surface area contributed by atoms with Gasteiger partial charge in [0.15, 0.2) is 0 Å². The van der Waals surface area contributed by atoms with Gasteiger partial charge in [-0.3, -0.25) is 4.57 Å². The van der Waals surface area contributed by atoms with Crippen LogP contribution in [0.15, 0.2) is 48.5 Å². The van der Waals surface area contributed by atoms with Crippen molar-refractivity contribution < 1.29 is 13.2 Å². The first-order valence-corrected chi connectivity index (χ1v) is 6.74. The number of imidazole rings is 1. The minimum Gasteiger partial charge on any atom is -0.295 e. The fraction of sp³-hybridized carbons (Fsp3) is 0.133. The Balaban J connectivity index is 2.16. The zero-order valence-electron chi connectivity index (χ0n) is 10.7. The second-order valence-electron chi connectivity index (χ2n) is 4.53. The van der Waals surface area contributed by atoms with Gasteiger partial charge >= 0.3 is 6.18 Å². The SMILES string of the molecule is FC(F)(F)c1ccc(-n2c(CCl)nc3ccccc32)cc1. The van der Waals surface area contributed by atoms with Crippen molar-refractivity contribution in [2.24, 2.45) is 0 Å². The molecule has 3 rings (SSSR count). The summed E-state index contributed by atoms with van der Waals surface area (Å²) in [7, 11) is 0. The van der Waals surface area contributed by atoms with Crippen molar-refractivity contribution in [3.05, 3.63) is 59.9 Å². The minimum absolute atomic E-state index is 0.176. The van der Waals surface area contributed by atoms with Gasteiger partial charge < -0.3 is 0 Å². The maximum atomic E-state index is 12.6. The second kappa shape index (κ2) is 5.07. The van der Waals surface area contributed by atoms with Crippen molar-refractivity contribution in [3.63, 3.8) is 0 Å². The maximum absolute atomic E-state index is 12.6. The minimum atomic E-state index is -4.34.